The van der Waals surface area contributed by atoms with Crippen LogP contribution in [0.3, 0.4) is 0 Å². The maximum atomic E-state index is 12.5. The molecule has 0 aliphatic rings. The van der Waals surface area contributed by atoms with Gasteiger partial charge in [0.15, 0.2) is 11.5 Å². The Balaban J connectivity index is 1.72. The van der Waals surface area contributed by atoms with E-state index in [1.165, 1.54) is 12.4 Å². The number of rotatable bonds is 5. The molecule has 1 aromatic heterocycles. The largest absolute Gasteiger partial charge is 0.347 e. The number of carbonyl (C=O) groups excluding carboxylic acids is 2. The minimum Gasteiger partial charge on any atom is -0.347 e. The maximum Gasteiger partial charge on any atom is 0.274 e. The SMILES string of the molecule is Cc1ccc(C(=O)Nc2nccnc2C(=O)NCc2cccc(C)c2)cc1. The molecule has 136 valence electrons. The summed E-state index contributed by atoms with van der Waals surface area (Å²) >= 11 is 0. The van der Waals surface area contributed by atoms with Crippen molar-refractivity contribution < 1.29 is 9.59 Å². The van der Waals surface area contributed by atoms with Gasteiger partial charge in [0, 0.05) is 24.5 Å². The Hall–Kier alpha value is -3.54. The van der Waals surface area contributed by atoms with Crippen molar-refractivity contribution in [3.8, 4) is 0 Å². The minimum absolute atomic E-state index is 0.0746. The van der Waals surface area contributed by atoms with E-state index in [0.29, 0.717) is 12.1 Å². The molecule has 2 N–H and O–H groups in total. The van der Waals surface area contributed by atoms with E-state index in [-0.39, 0.29) is 17.4 Å². The highest BCUT2D eigenvalue weighted by atomic mass is 16.2. The summed E-state index contributed by atoms with van der Waals surface area (Å²) in [6, 6.07) is 15.0. The van der Waals surface area contributed by atoms with Crippen LogP contribution in [0.5, 0.6) is 0 Å². The van der Waals surface area contributed by atoms with Crippen molar-refractivity contribution in [3.63, 3.8) is 0 Å². The molecule has 0 unspecified atom stereocenters. The van der Waals surface area contributed by atoms with Gasteiger partial charge in [0.05, 0.1) is 0 Å². The normalized spacial score (nSPS) is 10.3. The number of aromatic nitrogens is 2. The van der Waals surface area contributed by atoms with Gasteiger partial charge in [0.25, 0.3) is 11.8 Å². The fraction of sp³-hybridized carbons (Fsp3) is 0.143. The molecular formula is C21H20N4O2. The second-order valence-electron chi connectivity index (χ2n) is 6.25. The average Bonchev–Trinajstić information content (AvgIpc) is 2.67. The van der Waals surface area contributed by atoms with Crippen LogP contribution in [-0.4, -0.2) is 21.8 Å². The van der Waals surface area contributed by atoms with Crippen LogP contribution in [0.1, 0.15) is 37.5 Å². The Kier molecular flexibility index (Phi) is 5.56. The van der Waals surface area contributed by atoms with E-state index in [0.717, 1.165) is 16.7 Å². The number of benzene rings is 2. The van der Waals surface area contributed by atoms with E-state index in [9.17, 15) is 9.59 Å². The Morgan fingerprint density at radius 3 is 2.37 bits per heavy atom. The molecule has 0 aliphatic heterocycles. The van der Waals surface area contributed by atoms with Gasteiger partial charge in [-0.1, -0.05) is 47.5 Å². The number of hydrogen-bond acceptors (Lipinski definition) is 4. The number of aryl methyl sites for hydroxylation is 2. The standard InChI is InChI=1S/C21H20N4O2/c1-14-6-8-17(9-7-14)20(26)25-19-18(22-10-11-23-19)21(27)24-13-16-5-3-4-15(2)12-16/h3-12H,13H2,1-2H3,(H,24,27)(H,23,25,26). The Morgan fingerprint density at radius 2 is 1.63 bits per heavy atom. The topological polar surface area (TPSA) is 84.0 Å². The molecule has 0 bridgehead atoms. The zero-order valence-electron chi connectivity index (χ0n) is 15.2. The van der Waals surface area contributed by atoms with Crippen LogP contribution < -0.4 is 10.6 Å². The summed E-state index contributed by atoms with van der Waals surface area (Å²) in [4.78, 5) is 33.1. The molecule has 0 saturated carbocycles. The third-order valence-corrected chi connectivity index (χ3v) is 3.99. The monoisotopic (exact) mass is 360 g/mol. The first kappa shape index (κ1) is 18.3. The predicted molar refractivity (Wildman–Crippen MR) is 104 cm³/mol. The first-order chi connectivity index (χ1) is 13.0. The molecule has 0 atom stereocenters. The van der Waals surface area contributed by atoms with Gasteiger partial charge in [-0.25, -0.2) is 9.97 Å². The van der Waals surface area contributed by atoms with Crippen LogP contribution in [0, 0.1) is 13.8 Å². The molecule has 2 aromatic carbocycles. The summed E-state index contributed by atoms with van der Waals surface area (Å²) in [5.41, 5.74) is 3.72. The third kappa shape index (κ3) is 4.76. The molecule has 2 amide bonds. The van der Waals surface area contributed by atoms with Crippen molar-refractivity contribution in [2.45, 2.75) is 20.4 Å². The molecule has 6 heteroatoms. The van der Waals surface area contributed by atoms with E-state index in [1.54, 1.807) is 12.1 Å². The van der Waals surface area contributed by atoms with Gasteiger partial charge in [0.2, 0.25) is 0 Å². The summed E-state index contributed by atoms with van der Waals surface area (Å²) in [5.74, 6) is -0.614. The van der Waals surface area contributed by atoms with E-state index >= 15 is 0 Å². The van der Waals surface area contributed by atoms with E-state index in [2.05, 4.69) is 20.6 Å². The van der Waals surface area contributed by atoms with Gasteiger partial charge in [0.1, 0.15) is 0 Å². The predicted octanol–water partition coefficient (Wildman–Crippen LogP) is 3.28. The molecule has 6 nitrogen and oxygen atoms in total. The van der Waals surface area contributed by atoms with E-state index in [1.807, 2.05) is 50.2 Å². The Morgan fingerprint density at radius 1 is 0.889 bits per heavy atom. The fourth-order valence-electron chi connectivity index (χ4n) is 2.57. The van der Waals surface area contributed by atoms with Crippen molar-refractivity contribution in [1.29, 1.82) is 0 Å². The molecule has 0 radical (unpaired) electrons. The van der Waals surface area contributed by atoms with Gasteiger partial charge in [-0.3, -0.25) is 9.59 Å². The molecule has 1 heterocycles. The summed E-state index contributed by atoms with van der Waals surface area (Å²) in [6.07, 6.45) is 2.85. The zero-order chi connectivity index (χ0) is 19.2. The highest BCUT2D eigenvalue weighted by Crippen LogP contribution is 2.12. The van der Waals surface area contributed by atoms with Crippen LogP contribution in [0.25, 0.3) is 0 Å². The molecule has 0 spiro atoms. The van der Waals surface area contributed by atoms with Crippen molar-refractivity contribution in [1.82, 2.24) is 15.3 Å². The molecule has 3 rings (SSSR count). The molecule has 0 fully saturated rings. The summed E-state index contributed by atoms with van der Waals surface area (Å²) in [5, 5.41) is 5.47. The van der Waals surface area contributed by atoms with Crippen molar-refractivity contribution >= 4 is 17.6 Å². The molecular weight excluding hydrogens is 340 g/mol. The van der Waals surface area contributed by atoms with E-state index < -0.39 is 5.91 Å². The highest BCUT2D eigenvalue weighted by molar-refractivity contribution is 6.07. The van der Waals surface area contributed by atoms with Crippen molar-refractivity contribution in [2.24, 2.45) is 0 Å². The Bertz CT molecular complexity index is 968. The van der Waals surface area contributed by atoms with Gasteiger partial charge in [-0.15, -0.1) is 0 Å². The second-order valence-corrected chi connectivity index (χ2v) is 6.25. The number of carbonyl (C=O) groups is 2. The van der Waals surface area contributed by atoms with Gasteiger partial charge in [-0.05, 0) is 31.5 Å². The lowest BCUT2D eigenvalue weighted by Crippen LogP contribution is -2.26. The second kappa shape index (κ2) is 8.23. The third-order valence-electron chi connectivity index (χ3n) is 3.99. The highest BCUT2D eigenvalue weighted by Gasteiger charge is 2.17. The lowest BCUT2D eigenvalue weighted by Gasteiger charge is -2.10. The number of nitrogens with zero attached hydrogens (tertiary/aromatic N) is 2. The Labute approximate surface area is 157 Å². The number of hydrogen-bond donors (Lipinski definition) is 2. The quantitative estimate of drug-likeness (QED) is 0.731. The summed E-state index contributed by atoms with van der Waals surface area (Å²) in [6.45, 7) is 4.30. The number of nitrogens with one attached hydrogen (secondary N) is 2. The van der Waals surface area contributed by atoms with Crippen LogP contribution in [-0.2, 0) is 6.54 Å². The summed E-state index contributed by atoms with van der Waals surface area (Å²) < 4.78 is 0. The number of anilines is 1. The van der Waals surface area contributed by atoms with Crippen molar-refractivity contribution in [2.75, 3.05) is 5.32 Å². The maximum absolute atomic E-state index is 12.5. The minimum atomic E-state index is -0.399. The van der Waals surface area contributed by atoms with Crippen LogP contribution in [0.4, 0.5) is 5.82 Å². The molecule has 3 aromatic rings. The van der Waals surface area contributed by atoms with Crippen LogP contribution in [0.15, 0.2) is 60.9 Å². The lowest BCUT2D eigenvalue weighted by atomic mass is 10.1. The zero-order valence-corrected chi connectivity index (χ0v) is 15.2. The number of amides is 2. The first-order valence-electron chi connectivity index (χ1n) is 8.56. The fourth-order valence-corrected chi connectivity index (χ4v) is 2.57. The van der Waals surface area contributed by atoms with Crippen LogP contribution in [0.2, 0.25) is 0 Å². The van der Waals surface area contributed by atoms with Gasteiger partial charge in [-0.2, -0.15) is 0 Å². The average molecular weight is 360 g/mol. The van der Waals surface area contributed by atoms with Crippen molar-refractivity contribution in [3.05, 3.63) is 88.9 Å². The van der Waals surface area contributed by atoms with E-state index in [4.69, 9.17) is 0 Å². The molecule has 27 heavy (non-hydrogen) atoms. The molecule has 0 saturated heterocycles. The van der Waals surface area contributed by atoms with Gasteiger partial charge >= 0.3 is 0 Å². The first-order valence-corrected chi connectivity index (χ1v) is 8.56. The lowest BCUT2D eigenvalue weighted by molar-refractivity contribution is 0.0946. The van der Waals surface area contributed by atoms with Gasteiger partial charge < -0.3 is 10.6 Å². The smallest absolute Gasteiger partial charge is 0.274 e. The van der Waals surface area contributed by atoms with Crippen LogP contribution >= 0.6 is 0 Å². The molecule has 0 aliphatic carbocycles. The summed E-state index contributed by atoms with van der Waals surface area (Å²) in [7, 11) is 0.